The van der Waals surface area contributed by atoms with Crippen molar-refractivity contribution in [1.82, 2.24) is 4.98 Å². The van der Waals surface area contributed by atoms with Crippen molar-refractivity contribution in [2.45, 2.75) is 13.0 Å². The normalized spacial score (nSPS) is 12.3. The Morgan fingerprint density at radius 1 is 1.14 bits per heavy atom. The van der Waals surface area contributed by atoms with Gasteiger partial charge >= 0.3 is 0 Å². The summed E-state index contributed by atoms with van der Waals surface area (Å²) in [5, 5.41) is 1.04. The minimum absolute atomic E-state index is 0.311. The Labute approximate surface area is 122 Å². The van der Waals surface area contributed by atoms with Gasteiger partial charge in [-0.05, 0) is 43.3 Å². The monoisotopic (exact) mass is 282 g/mol. The minimum atomic E-state index is -0.324. The van der Waals surface area contributed by atoms with Crippen molar-refractivity contribution in [3.8, 4) is 11.5 Å². The van der Waals surface area contributed by atoms with Gasteiger partial charge in [-0.3, -0.25) is 4.98 Å². The topological polar surface area (TPSA) is 48.1 Å². The standard InChI is InChI=1S/C17H15FN2O/c1-11(19)15-9-13(18)5-7-17(15)21-14-6-4-12-3-2-8-20-16(12)10-14/h2-11H,19H2,1H3/t11-/m1/s1. The van der Waals surface area contributed by atoms with Crippen LogP contribution in [0.3, 0.4) is 0 Å². The van der Waals surface area contributed by atoms with E-state index < -0.39 is 0 Å². The second kappa shape index (κ2) is 5.50. The van der Waals surface area contributed by atoms with E-state index in [-0.39, 0.29) is 11.9 Å². The quantitative estimate of drug-likeness (QED) is 0.783. The number of rotatable bonds is 3. The molecule has 1 aromatic heterocycles. The summed E-state index contributed by atoms with van der Waals surface area (Å²) in [6.45, 7) is 1.80. The van der Waals surface area contributed by atoms with E-state index in [1.165, 1.54) is 12.1 Å². The van der Waals surface area contributed by atoms with Crippen molar-refractivity contribution in [2.24, 2.45) is 5.73 Å². The molecule has 0 spiro atoms. The Kier molecular flexibility index (Phi) is 3.54. The lowest BCUT2D eigenvalue weighted by Crippen LogP contribution is -2.07. The first kappa shape index (κ1) is 13.5. The second-order valence-electron chi connectivity index (χ2n) is 4.93. The molecule has 2 aromatic carbocycles. The maximum Gasteiger partial charge on any atom is 0.132 e. The molecular formula is C17H15FN2O. The fourth-order valence-electron chi connectivity index (χ4n) is 2.20. The highest BCUT2D eigenvalue weighted by atomic mass is 19.1. The molecule has 0 bridgehead atoms. The van der Waals surface area contributed by atoms with E-state index in [0.717, 1.165) is 10.9 Å². The number of fused-ring (bicyclic) bond motifs is 1. The molecule has 4 heteroatoms. The zero-order valence-corrected chi connectivity index (χ0v) is 11.6. The van der Waals surface area contributed by atoms with Gasteiger partial charge < -0.3 is 10.5 Å². The molecule has 106 valence electrons. The van der Waals surface area contributed by atoms with E-state index in [0.29, 0.717) is 17.1 Å². The molecule has 0 amide bonds. The van der Waals surface area contributed by atoms with Crippen molar-refractivity contribution in [2.75, 3.05) is 0 Å². The van der Waals surface area contributed by atoms with Crippen LogP contribution in [0.25, 0.3) is 10.9 Å². The summed E-state index contributed by atoms with van der Waals surface area (Å²) in [5.41, 5.74) is 7.35. The molecule has 3 nitrogen and oxygen atoms in total. The number of aromatic nitrogens is 1. The van der Waals surface area contributed by atoms with Gasteiger partial charge in [0, 0.05) is 29.3 Å². The van der Waals surface area contributed by atoms with Gasteiger partial charge in [-0.15, -0.1) is 0 Å². The predicted molar refractivity (Wildman–Crippen MR) is 80.8 cm³/mol. The maximum absolute atomic E-state index is 13.3. The van der Waals surface area contributed by atoms with E-state index in [9.17, 15) is 4.39 Å². The molecule has 0 saturated carbocycles. The Balaban J connectivity index is 1.98. The van der Waals surface area contributed by atoms with Crippen molar-refractivity contribution in [3.63, 3.8) is 0 Å². The van der Waals surface area contributed by atoms with Crippen LogP contribution < -0.4 is 10.5 Å². The number of benzene rings is 2. The highest BCUT2D eigenvalue weighted by Gasteiger charge is 2.11. The summed E-state index contributed by atoms with van der Waals surface area (Å²) < 4.78 is 19.2. The largest absolute Gasteiger partial charge is 0.457 e. The van der Waals surface area contributed by atoms with E-state index >= 15 is 0 Å². The molecule has 3 aromatic rings. The summed E-state index contributed by atoms with van der Waals surface area (Å²) in [6.07, 6.45) is 1.73. The van der Waals surface area contributed by atoms with Crippen LogP contribution in [0.1, 0.15) is 18.5 Å². The fourth-order valence-corrected chi connectivity index (χ4v) is 2.20. The first-order valence-corrected chi connectivity index (χ1v) is 6.71. The lowest BCUT2D eigenvalue weighted by molar-refractivity contribution is 0.470. The van der Waals surface area contributed by atoms with Crippen LogP contribution in [0.15, 0.2) is 54.7 Å². The number of hydrogen-bond acceptors (Lipinski definition) is 3. The molecule has 0 aliphatic heterocycles. The average molecular weight is 282 g/mol. The van der Waals surface area contributed by atoms with Crippen molar-refractivity contribution >= 4 is 10.9 Å². The van der Waals surface area contributed by atoms with E-state index in [2.05, 4.69) is 4.98 Å². The molecule has 2 N–H and O–H groups in total. The number of hydrogen-bond donors (Lipinski definition) is 1. The lowest BCUT2D eigenvalue weighted by atomic mass is 10.1. The van der Waals surface area contributed by atoms with Gasteiger partial charge in [0.05, 0.1) is 5.52 Å². The third-order valence-corrected chi connectivity index (χ3v) is 3.27. The van der Waals surface area contributed by atoms with Crippen LogP contribution in [-0.2, 0) is 0 Å². The predicted octanol–water partition coefficient (Wildman–Crippen LogP) is 4.19. The summed E-state index contributed by atoms with van der Waals surface area (Å²) in [4.78, 5) is 4.29. The van der Waals surface area contributed by atoms with Gasteiger partial charge in [-0.1, -0.05) is 6.07 Å². The van der Waals surface area contributed by atoms with Crippen LogP contribution in [0, 0.1) is 5.82 Å². The second-order valence-corrected chi connectivity index (χ2v) is 4.93. The van der Waals surface area contributed by atoms with Crippen molar-refractivity contribution < 1.29 is 9.13 Å². The van der Waals surface area contributed by atoms with Crippen LogP contribution in [0.2, 0.25) is 0 Å². The highest BCUT2D eigenvalue weighted by molar-refractivity contribution is 5.79. The minimum Gasteiger partial charge on any atom is -0.457 e. The molecule has 0 fully saturated rings. The van der Waals surface area contributed by atoms with Crippen LogP contribution in [0.4, 0.5) is 4.39 Å². The molecule has 0 radical (unpaired) electrons. The van der Waals surface area contributed by atoms with Gasteiger partial charge in [0.1, 0.15) is 17.3 Å². The third kappa shape index (κ3) is 2.85. The molecule has 0 unspecified atom stereocenters. The van der Waals surface area contributed by atoms with E-state index in [4.69, 9.17) is 10.5 Å². The highest BCUT2D eigenvalue weighted by Crippen LogP contribution is 2.30. The average Bonchev–Trinajstić information content (AvgIpc) is 2.49. The molecule has 0 aliphatic carbocycles. The summed E-state index contributed by atoms with van der Waals surface area (Å²) in [7, 11) is 0. The van der Waals surface area contributed by atoms with E-state index in [1.54, 1.807) is 19.2 Å². The number of nitrogens with zero attached hydrogens (tertiary/aromatic N) is 1. The zero-order chi connectivity index (χ0) is 14.8. The van der Waals surface area contributed by atoms with Gasteiger partial charge in [0.15, 0.2) is 0 Å². The van der Waals surface area contributed by atoms with Gasteiger partial charge in [0.2, 0.25) is 0 Å². The SMILES string of the molecule is C[C@@H](N)c1cc(F)ccc1Oc1ccc2cccnc2c1. The van der Waals surface area contributed by atoms with Crippen LogP contribution in [0.5, 0.6) is 11.5 Å². The molecule has 0 saturated heterocycles. The number of nitrogens with two attached hydrogens (primary N) is 1. The Morgan fingerprint density at radius 3 is 2.81 bits per heavy atom. The van der Waals surface area contributed by atoms with Crippen molar-refractivity contribution in [1.29, 1.82) is 0 Å². The third-order valence-electron chi connectivity index (χ3n) is 3.27. The Hall–Kier alpha value is -2.46. The van der Waals surface area contributed by atoms with Crippen LogP contribution in [-0.4, -0.2) is 4.98 Å². The maximum atomic E-state index is 13.3. The number of pyridine rings is 1. The zero-order valence-electron chi connectivity index (χ0n) is 11.6. The Bertz CT molecular complexity index is 787. The summed E-state index contributed by atoms with van der Waals surface area (Å²) in [5.74, 6) is 0.881. The Morgan fingerprint density at radius 2 is 2.00 bits per heavy atom. The molecule has 0 aliphatic rings. The fraction of sp³-hybridized carbons (Fsp3) is 0.118. The van der Waals surface area contributed by atoms with Gasteiger partial charge in [0.25, 0.3) is 0 Å². The molecule has 21 heavy (non-hydrogen) atoms. The lowest BCUT2D eigenvalue weighted by Gasteiger charge is -2.14. The number of halogens is 1. The van der Waals surface area contributed by atoms with Crippen LogP contribution >= 0.6 is 0 Å². The van der Waals surface area contributed by atoms with Gasteiger partial charge in [-0.25, -0.2) is 4.39 Å². The summed E-state index contributed by atoms with van der Waals surface area (Å²) in [6, 6.07) is 13.6. The van der Waals surface area contributed by atoms with Gasteiger partial charge in [-0.2, -0.15) is 0 Å². The first-order valence-electron chi connectivity index (χ1n) is 6.71. The van der Waals surface area contributed by atoms with E-state index in [1.807, 2.05) is 30.3 Å². The molecular weight excluding hydrogens is 267 g/mol. The molecule has 3 rings (SSSR count). The first-order chi connectivity index (χ1) is 10.1. The summed E-state index contributed by atoms with van der Waals surface area (Å²) >= 11 is 0. The number of ether oxygens (including phenoxy) is 1. The molecule has 1 atom stereocenters. The molecule has 1 heterocycles. The van der Waals surface area contributed by atoms with Crippen molar-refractivity contribution in [3.05, 3.63) is 66.1 Å². The smallest absolute Gasteiger partial charge is 0.132 e.